The molecule has 0 spiro atoms. The summed E-state index contributed by atoms with van der Waals surface area (Å²) in [6.07, 6.45) is 0. The number of ether oxygens (including phenoxy) is 1. The van der Waals surface area contributed by atoms with Gasteiger partial charge >= 0.3 is 21.1 Å². The minimum atomic E-state index is -5.91. The molecule has 0 atom stereocenters. The fourth-order valence-electron chi connectivity index (χ4n) is 2.39. The van der Waals surface area contributed by atoms with E-state index in [0.29, 0.717) is 0 Å². The van der Waals surface area contributed by atoms with E-state index in [2.05, 4.69) is 20.9 Å². The molecule has 3 aromatic rings. The van der Waals surface area contributed by atoms with Crippen LogP contribution in [0.5, 0.6) is 11.6 Å². The van der Waals surface area contributed by atoms with Gasteiger partial charge in [-0.05, 0) is 36.4 Å². The predicted octanol–water partition coefficient (Wildman–Crippen LogP) is 2.92. The van der Waals surface area contributed by atoms with Crippen molar-refractivity contribution in [2.75, 3.05) is 0 Å². The molecule has 0 aliphatic heterocycles. The zero-order valence-electron chi connectivity index (χ0n) is 14.7. The van der Waals surface area contributed by atoms with E-state index in [4.69, 9.17) is 4.74 Å². The van der Waals surface area contributed by atoms with Gasteiger partial charge in [0.1, 0.15) is 12.3 Å². The van der Waals surface area contributed by atoms with Crippen molar-refractivity contribution in [3.63, 3.8) is 0 Å². The van der Waals surface area contributed by atoms with E-state index in [9.17, 15) is 31.2 Å². The van der Waals surface area contributed by atoms with Crippen LogP contribution in [-0.2, 0) is 21.4 Å². The second-order valence-electron chi connectivity index (χ2n) is 5.83. The molecule has 8 nitrogen and oxygen atoms in total. The van der Waals surface area contributed by atoms with Crippen LogP contribution in [0.3, 0.4) is 0 Å². The third-order valence-corrected chi connectivity index (χ3v) is 5.34. The maximum absolute atomic E-state index is 12.8. The van der Waals surface area contributed by atoms with Crippen molar-refractivity contribution in [1.82, 2.24) is 14.3 Å². The highest BCUT2D eigenvalue weighted by atomic mass is 79.9. The molecule has 13 heteroatoms. The number of hydrogen-bond acceptors (Lipinski definition) is 6. The van der Waals surface area contributed by atoms with Crippen LogP contribution in [0.15, 0.2) is 57.8 Å². The summed E-state index contributed by atoms with van der Waals surface area (Å²) in [4.78, 5) is 28.8. The molecule has 2 aromatic carbocycles. The standard InChI is InChI=1S/C17H11BrF3N3O5S/c18-10-5-7-11(8-6-10)29-15-16(26)24(13-4-2-1-3-12(13)22-15)9-14(25)23-30(27,28)17(19,20)21/h1-8H,9H2,(H,23,25). The summed E-state index contributed by atoms with van der Waals surface area (Å²) in [5.74, 6) is -1.75. The second kappa shape index (κ2) is 8.07. The van der Waals surface area contributed by atoms with Crippen molar-refractivity contribution >= 4 is 42.9 Å². The maximum Gasteiger partial charge on any atom is 0.516 e. The van der Waals surface area contributed by atoms with Crippen LogP contribution in [0.1, 0.15) is 0 Å². The Balaban J connectivity index is 2.01. The van der Waals surface area contributed by atoms with Crippen molar-refractivity contribution in [2.24, 2.45) is 0 Å². The molecule has 0 saturated carbocycles. The lowest BCUT2D eigenvalue weighted by molar-refractivity contribution is -0.120. The quantitative estimate of drug-likeness (QED) is 0.571. The number of para-hydroxylation sites is 2. The molecule has 0 unspecified atom stereocenters. The molecule has 158 valence electrons. The molecule has 1 aromatic heterocycles. The second-order valence-corrected chi connectivity index (χ2v) is 8.42. The molecule has 0 fully saturated rings. The monoisotopic (exact) mass is 505 g/mol. The summed E-state index contributed by atoms with van der Waals surface area (Å²) in [5.41, 5.74) is -6.30. The molecule has 30 heavy (non-hydrogen) atoms. The number of sulfonamides is 1. The number of halogens is 4. The predicted molar refractivity (Wildman–Crippen MR) is 103 cm³/mol. The van der Waals surface area contributed by atoms with Gasteiger partial charge in [-0.15, -0.1) is 0 Å². The van der Waals surface area contributed by atoms with E-state index in [-0.39, 0.29) is 16.8 Å². The number of fused-ring (bicyclic) bond motifs is 1. The first kappa shape index (κ1) is 21.8. The summed E-state index contributed by atoms with van der Waals surface area (Å²) in [6, 6.07) is 12.3. The number of nitrogens with one attached hydrogen (secondary N) is 1. The first-order valence-corrected chi connectivity index (χ1v) is 10.3. The summed E-state index contributed by atoms with van der Waals surface area (Å²) in [5, 5.41) is 0. The highest BCUT2D eigenvalue weighted by Crippen LogP contribution is 2.23. The van der Waals surface area contributed by atoms with Crippen LogP contribution in [0.2, 0.25) is 0 Å². The molecular weight excluding hydrogens is 495 g/mol. The molecule has 0 aliphatic rings. The Morgan fingerprint density at radius 2 is 1.77 bits per heavy atom. The summed E-state index contributed by atoms with van der Waals surface area (Å²) in [6.45, 7) is -1.01. The third-order valence-electron chi connectivity index (χ3n) is 3.71. The fourth-order valence-corrected chi connectivity index (χ4v) is 3.13. The number of alkyl halides is 3. The Bertz CT molecular complexity index is 1270. The zero-order chi connectivity index (χ0) is 22.1. The lowest BCUT2D eigenvalue weighted by Crippen LogP contribution is -2.42. The van der Waals surface area contributed by atoms with Crippen LogP contribution in [-0.4, -0.2) is 29.4 Å². The van der Waals surface area contributed by atoms with E-state index in [1.165, 1.54) is 30.3 Å². The fraction of sp³-hybridized carbons (Fsp3) is 0.118. The van der Waals surface area contributed by atoms with Gasteiger partial charge in [-0.3, -0.25) is 14.2 Å². The lowest BCUT2D eigenvalue weighted by Gasteiger charge is -2.13. The molecule has 0 saturated heterocycles. The van der Waals surface area contributed by atoms with Gasteiger partial charge < -0.3 is 4.74 Å². The lowest BCUT2D eigenvalue weighted by atomic mass is 10.3. The first-order valence-electron chi connectivity index (χ1n) is 8.03. The van der Waals surface area contributed by atoms with Gasteiger partial charge in [0, 0.05) is 4.47 Å². The molecule has 0 bridgehead atoms. The van der Waals surface area contributed by atoms with Gasteiger partial charge in [-0.25, -0.2) is 9.71 Å². The van der Waals surface area contributed by atoms with Gasteiger partial charge in [-0.1, -0.05) is 28.1 Å². The number of rotatable bonds is 5. The van der Waals surface area contributed by atoms with E-state index in [0.717, 1.165) is 13.8 Å². The van der Waals surface area contributed by atoms with Crippen LogP contribution in [0, 0.1) is 0 Å². The van der Waals surface area contributed by atoms with Crippen molar-refractivity contribution in [2.45, 2.75) is 12.1 Å². The largest absolute Gasteiger partial charge is 0.516 e. The van der Waals surface area contributed by atoms with E-state index < -0.39 is 39.4 Å². The van der Waals surface area contributed by atoms with Crippen LogP contribution < -0.4 is 15.0 Å². The molecule has 1 amide bonds. The van der Waals surface area contributed by atoms with Gasteiger partial charge in [0.05, 0.1) is 11.0 Å². The van der Waals surface area contributed by atoms with Crippen molar-refractivity contribution < 1.29 is 31.1 Å². The topological polar surface area (TPSA) is 107 Å². The number of carbonyl (C=O) groups excluding carboxylic acids is 1. The Morgan fingerprint density at radius 1 is 1.13 bits per heavy atom. The Hall–Kier alpha value is -2.93. The van der Waals surface area contributed by atoms with Gasteiger partial charge in [-0.2, -0.15) is 21.6 Å². The number of amides is 1. The van der Waals surface area contributed by atoms with Crippen molar-refractivity contribution in [1.29, 1.82) is 0 Å². The Morgan fingerprint density at radius 3 is 2.40 bits per heavy atom. The average molecular weight is 506 g/mol. The molecule has 0 radical (unpaired) electrons. The summed E-state index contributed by atoms with van der Waals surface area (Å²) in [7, 11) is -5.91. The van der Waals surface area contributed by atoms with Crippen LogP contribution in [0.25, 0.3) is 11.0 Å². The number of carbonyl (C=O) groups is 1. The molecule has 1 heterocycles. The number of hydrogen-bond donors (Lipinski definition) is 1. The van der Waals surface area contributed by atoms with E-state index in [1.54, 1.807) is 18.2 Å². The highest BCUT2D eigenvalue weighted by molar-refractivity contribution is 9.10. The molecule has 0 aliphatic carbocycles. The highest BCUT2D eigenvalue weighted by Gasteiger charge is 2.47. The smallest absolute Gasteiger partial charge is 0.435 e. The van der Waals surface area contributed by atoms with E-state index >= 15 is 0 Å². The zero-order valence-corrected chi connectivity index (χ0v) is 17.1. The normalized spacial score (nSPS) is 12.0. The third kappa shape index (κ3) is 4.62. The first-order chi connectivity index (χ1) is 14.0. The van der Waals surface area contributed by atoms with Crippen molar-refractivity contribution in [3.8, 4) is 11.6 Å². The van der Waals surface area contributed by atoms with E-state index in [1.807, 2.05) is 0 Å². The molecular formula is C17H11BrF3N3O5S. The maximum atomic E-state index is 12.8. The minimum Gasteiger partial charge on any atom is -0.435 e. The SMILES string of the molecule is O=C(Cn1c(=O)c(Oc2ccc(Br)cc2)nc2ccccc21)NS(=O)(=O)C(F)(F)F. The Kier molecular flexibility index (Phi) is 5.85. The van der Waals surface area contributed by atoms with Crippen LogP contribution >= 0.6 is 15.9 Å². The minimum absolute atomic E-state index is 0.102. The van der Waals surface area contributed by atoms with Gasteiger partial charge in [0.25, 0.3) is 11.8 Å². The van der Waals surface area contributed by atoms with Gasteiger partial charge in [0.2, 0.25) is 0 Å². The Labute approximate surface area is 175 Å². The van der Waals surface area contributed by atoms with Gasteiger partial charge in [0.15, 0.2) is 0 Å². The summed E-state index contributed by atoms with van der Waals surface area (Å²) < 4.78 is 67.7. The summed E-state index contributed by atoms with van der Waals surface area (Å²) >= 11 is 3.24. The number of nitrogens with zero attached hydrogens (tertiary/aromatic N) is 2. The average Bonchev–Trinajstić information content (AvgIpc) is 2.65. The number of benzene rings is 2. The molecule has 3 rings (SSSR count). The molecule has 1 N–H and O–H groups in total. The van der Waals surface area contributed by atoms with Crippen LogP contribution in [0.4, 0.5) is 13.2 Å². The number of aromatic nitrogens is 2. The van der Waals surface area contributed by atoms with Crippen molar-refractivity contribution in [3.05, 3.63) is 63.4 Å².